The zero-order valence-corrected chi connectivity index (χ0v) is 12.3. The first-order valence-corrected chi connectivity index (χ1v) is 7.01. The normalized spacial score (nSPS) is 20.3. The third-order valence-electron chi connectivity index (χ3n) is 3.13. The summed E-state index contributed by atoms with van der Waals surface area (Å²) in [5.41, 5.74) is 2.74. The van der Waals surface area contributed by atoms with Crippen molar-refractivity contribution in [2.75, 3.05) is 0 Å². The Bertz CT molecular complexity index is 500. The number of Topliss-reactive ketones (excluding diaryl/α,β-unsaturated/α-hetero) is 1. The van der Waals surface area contributed by atoms with E-state index in [2.05, 4.69) is 0 Å². The summed E-state index contributed by atoms with van der Waals surface area (Å²) >= 11 is 0. The molecule has 1 rings (SSSR count). The van der Waals surface area contributed by atoms with Crippen LogP contribution in [0.2, 0.25) is 0 Å². The second-order valence-electron chi connectivity index (χ2n) is 5.01. The summed E-state index contributed by atoms with van der Waals surface area (Å²) in [6.45, 7) is 3.76. The standard InChI is InChI=1S/C18H22O2/c1-15(8-3-4-9-16(2)14-19)10-7-12-17-11-5-6-13-18(17)20/h3-4,7-10,12,14H,5-6,11,13H2,1-2H3/b4-3+,10-7+,15-8+,16-9+,17-12+. The Labute approximate surface area is 121 Å². The lowest BCUT2D eigenvalue weighted by Crippen LogP contribution is -2.07. The Morgan fingerprint density at radius 2 is 1.60 bits per heavy atom. The van der Waals surface area contributed by atoms with Crippen LogP contribution in [0.5, 0.6) is 0 Å². The predicted octanol–water partition coefficient (Wildman–Crippen LogP) is 4.26. The van der Waals surface area contributed by atoms with Crippen molar-refractivity contribution in [3.63, 3.8) is 0 Å². The number of allylic oxidation sites excluding steroid dienone is 10. The minimum absolute atomic E-state index is 0.289. The third kappa shape index (κ3) is 6.28. The Kier molecular flexibility index (Phi) is 7.26. The first kappa shape index (κ1) is 16.1. The van der Waals surface area contributed by atoms with E-state index in [9.17, 15) is 9.59 Å². The van der Waals surface area contributed by atoms with Crippen LogP contribution in [0.4, 0.5) is 0 Å². The van der Waals surface area contributed by atoms with E-state index >= 15 is 0 Å². The monoisotopic (exact) mass is 270 g/mol. The van der Waals surface area contributed by atoms with Crippen LogP contribution >= 0.6 is 0 Å². The molecule has 1 saturated carbocycles. The lowest BCUT2D eigenvalue weighted by molar-refractivity contribution is -0.116. The second-order valence-corrected chi connectivity index (χ2v) is 5.01. The van der Waals surface area contributed by atoms with Gasteiger partial charge in [0, 0.05) is 6.42 Å². The van der Waals surface area contributed by atoms with Gasteiger partial charge in [-0.25, -0.2) is 0 Å². The van der Waals surface area contributed by atoms with E-state index in [4.69, 9.17) is 0 Å². The van der Waals surface area contributed by atoms with Crippen molar-refractivity contribution in [1.29, 1.82) is 0 Å². The van der Waals surface area contributed by atoms with Gasteiger partial charge in [0.2, 0.25) is 0 Å². The maximum atomic E-state index is 11.6. The SMILES string of the molecule is C\C(C=O)=C/C=C/C=C(C)/C=C/C=C1\CCCCC1=O. The van der Waals surface area contributed by atoms with Crippen LogP contribution in [0.15, 0.2) is 59.3 Å². The van der Waals surface area contributed by atoms with Crippen molar-refractivity contribution >= 4 is 12.1 Å². The summed E-state index contributed by atoms with van der Waals surface area (Å²) in [5.74, 6) is 0.289. The molecule has 1 aliphatic carbocycles. The maximum absolute atomic E-state index is 11.6. The molecular weight excluding hydrogens is 248 g/mol. The van der Waals surface area contributed by atoms with Crippen LogP contribution in [-0.2, 0) is 9.59 Å². The second kappa shape index (κ2) is 9.03. The first-order chi connectivity index (χ1) is 9.63. The van der Waals surface area contributed by atoms with Gasteiger partial charge in [0.1, 0.15) is 6.29 Å². The number of hydrogen-bond donors (Lipinski definition) is 0. The molecule has 0 aromatic carbocycles. The van der Waals surface area contributed by atoms with Crippen molar-refractivity contribution in [2.45, 2.75) is 39.5 Å². The predicted molar refractivity (Wildman–Crippen MR) is 83.4 cm³/mol. The molecule has 0 saturated heterocycles. The summed E-state index contributed by atoms with van der Waals surface area (Å²) in [5, 5.41) is 0. The van der Waals surface area contributed by atoms with E-state index in [1.54, 1.807) is 13.0 Å². The van der Waals surface area contributed by atoms with Crippen LogP contribution < -0.4 is 0 Å². The van der Waals surface area contributed by atoms with Gasteiger partial charge in [-0.15, -0.1) is 0 Å². The fourth-order valence-electron chi connectivity index (χ4n) is 1.90. The van der Waals surface area contributed by atoms with Crippen molar-refractivity contribution in [1.82, 2.24) is 0 Å². The molecule has 0 aromatic rings. The zero-order chi connectivity index (χ0) is 14.8. The Balaban J connectivity index is 2.54. The molecule has 106 valence electrons. The molecule has 0 unspecified atom stereocenters. The third-order valence-corrected chi connectivity index (χ3v) is 3.13. The van der Waals surface area contributed by atoms with Crippen LogP contribution in [0.25, 0.3) is 0 Å². The highest BCUT2D eigenvalue weighted by molar-refractivity contribution is 5.96. The van der Waals surface area contributed by atoms with Crippen LogP contribution in [0.1, 0.15) is 39.5 Å². The number of carbonyl (C=O) groups excluding carboxylic acids is 2. The Hall–Kier alpha value is -1.96. The van der Waals surface area contributed by atoms with Gasteiger partial charge in [-0.2, -0.15) is 0 Å². The topological polar surface area (TPSA) is 34.1 Å². The molecule has 0 aliphatic heterocycles. The summed E-state index contributed by atoms with van der Waals surface area (Å²) in [6, 6.07) is 0. The summed E-state index contributed by atoms with van der Waals surface area (Å²) < 4.78 is 0. The molecule has 0 heterocycles. The quantitative estimate of drug-likeness (QED) is 0.425. The Morgan fingerprint density at radius 3 is 2.25 bits per heavy atom. The molecule has 1 fully saturated rings. The average Bonchev–Trinajstić information content (AvgIpc) is 2.45. The molecule has 2 nitrogen and oxygen atoms in total. The number of aldehydes is 1. The number of ketones is 1. The lowest BCUT2D eigenvalue weighted by atomic mass is 9.93. The summed E-state index contributed by atoms with van der Waals surface area (Å²) in [7, 11) is 0. The molecule has 0 radical (unpaired) electrons. The Morgan fingerprint density at radius 1 is 0.950 bits per heavy atom. The van der Waals surface area contributed by atoms with E-state index in [1.807, 2.05) is 43.4 Å². The number of carbonyl (C=O) groups is 2. The van der Waals surface area contributed by atoms with Gasteiger partial charge < -0.3 is 0 Å². The molecule has 20 heavy (non-hydrogen) atoms. The molecule has 0 N–H and O–H groups in total. The van der Waals surface area contributed by atoms with E-state index in [-0.39, 0.29) is 5.78 Å². The van der Waals surface area contributed by atoms with Crippen molar-refractivity contribution < 1.29 is 9.59 Å². The number of rotatable bonds is 5. The highest BCUT2D eigenvalue weighted by atomic mass is 16.1. The molecule has 0 aromatic heterocycles. The highest BCUT2D eigenvalue weighted by Gasteiger charge is 2.13. The molecule has 0 bridgehead atoms. The van der Waals surface area contributed by atoms with Gasteiger partial charge in [-0.1, -0.05) is 48.1 Å². The summed E-state index contributed by atoms with van der Waals surface area (Å²) in [6.07, 6.45) is 17.9. The van der Waals surface area contributed by atoms with E-state index in [1.165, 1.54) is 0 Å². The van der Waals surface area contributed by atoms with Gasteiger partial charge in [0.15, 0.2) is 5.78 Å². The van der Waals surface area contributed by atoms with Crippen molar-refractivity contribution in [3.05, 3.63) is 59.3 Å². The molecule has 0 atom stereocenters. The maximum Gasteiger partial charge on any atom is 0.158 e. The lowest BCUT2D eigenvalue weighted by Gasteiger charge is -2.11. The van der Waals surface area contributed by atoms with Gasteiger partial charge in [0.25, 0.3) is 0 Å². The highest BCUT2D eigenvalue weighted by Crippen LogP contribution is 2.19. The van der Waals surface area contributed by atoms with E-state index in [0.29, 0.717) is 12.0 Å². The molecule has 0 spiro atoms. The van der Waals surface area contributed by atoms with Crippen molar-refractivity contribution in [2.24, 2.45) is 0 Å². The first-order valence-electron chi connectivity index (χ1n) is 7.01. The van der Waals surface area contributed by atoms with Crippen LogP contribution in [0.3, 0.4) is 0 Å². The minimum Gasteiger partial charge on any atom is -0.298 e. The van der Waals surface area contributed by atoms with Crippen LogP contribution in [-0.4, -0.2) is 12.1 Å². The van der Waals surface area contributed by atoms with E-state index < -0.39 is 0 Å². The largest absolute Gasteiger partial charge is 0.298 e. The summed E-state index contributed by atoms with van der Waals surface area (Å²) in [4.78, 5) is 22.0. The van der Waals surface area contributed by atoms with Crippen molar-refractivity contribution in [3.8, 4) is 0 Å². The van der Waals surface area contributed by atoms with Gasteiger partial charge in [-0.05, 0) is 44.3 Å². The fourth-order valence-corrected chi connectivity index (χ4v) is 1.90. The number of hydrogen-bond acceptors (Lipinski definition) is 2. The van der Waals surface area contributed by atoms with Gasteiger partial charge >= 0.3 is 0 Å². The molecule has 1 aliphatic rings. The average molecular weight is 270 g/mol. The smallest absolute Gasteiger partial charge is 0.158 e. The zero-order valence-electron chi connectivity index (χ0n) is 12.3. The van der Waals surface area contributed by atoms with Gasteiger partial charge in [-0.3, -0.25) is 9.59 Å². The molecule has 2 heteroatoms. The van der Waals surface area contributed by atoms with Gasteiger partial charge in [0.05, 0.1) is 0 Å². The minimum atomic E-state index is 0.289. The fraction of sp³-hybridized carbons (Fsp3) is 0.333. The van der Waals surface area contributed by atoms with E-state index in [0.717, 1.165) is 36.7 Å². The molecular formula is C18H22O2. The van der Waals surface area contributed by atoms with Crippen LogP contribution in [0, 0.1) is 0 Å². The molecule has 0 amide bonds.